The van der Waals surface area contributed by atoms with E-state index < -0.39 is 0 Å². The van der Waals surface area contributed by atoms with Gasteiger partial charge >= 0.3 is 0 Å². The fourth-order valence-corrected chi connectivity index (χ4v) is 2.06. The number of benzene rings is 2. The fourth-order valence-electron chi connectivity index (χ4n) is 1.45. The number of hydrogen-bond acceptors (Lipinski definition) is 3. The van der Waals surface area contributed by atoms with Gasteiger partial charge in [0.15, 0.2) is 5.17 Å². The van der Waals surface area contributed by atoms with Crippen LogP contribution in [0.5, 0.6) is 0 Å². The Morgan fingerprint density at radius 2 is 1.60 bits per heavy atom. The van der Waals surface area contributed by atoms with Crippen LogP contribution in [-0.4, -0.2) is 11.4 Å². The largest absolute Gasteiger partial charge is 0.377 e. The predicted octanol–water partition coefficient (Wildman–Crippen LogP) is 3.69. The molecule has 5 heteroatoms. The highest BCUT2D eigenvalue weighted by Crippen LogP contribution is 2.11. The Labute approximate surface area is 129 Å². The van der Waals surface area contributed by atoms with Crippen LogP contribution in [0.15, 0.2) is 70.9 Å². The van der Waals surface area contributed by atoms with Gasteiger partial charge in [-0.05, 0) is 11.1 Å². The van der Waals surface area contributed by atoms with E-state index in [1.165, 1.54) is 17.3 Å². The monoisotopic (exact) mass is 305 g/mol. The zero-order chi connectivity index (χ0) is 13.3. The van der Waals surface area contributed by atoms with Crippen LogP contribution in [-0.2, 0) is 5.75 Å². The van der Waals surface area contributed by atoms with Gasteiger partial charge in [-0.25, -0.2) is 0 Å². The van der Waals surface area contributed by atoms with Crippen molar-refractivity contribution in [1.29, 1.82) is 0 Å². The standard InChI is InChI=1S/C15H15N3S.ClH/c16-15(19-12-14-9-5-2-6-10-14)18-17-11-13-7-3-1-4-8-13;/h1-11H,12H2,(H2,16,18);1H. The molecule has 2 N–H and O–H groups in total. The Hall–Kier alpha value is -1.78. The van der Waals surface area contributed by atoms with E-state index in [-0.39, 0.29) is 12.4 Å². The number of thioether (sulfide) groups is 1. The lowest BCUT2D eigenvalue weighted by Crippen LogP contribution is -2.05. The van der Waals surface area contributed by atoms with Crippen LogP contribution in [0, 0.1) is 0 Å². The molecule has 0 aliphatic carbocycles. The molecule has 104 valence electrons. The molecule has 0 unspecified atom stereocenters. The van der Waals surface area contributed by atoms with E-state index in [1.807, 2.05) is 48.5 Å². The minimum Gasteiger partial charge on any atom is -0.377 e. The van der Waals surface area contributed by atoms with Crippen molar-refractivity contribution >= 4 is 35.6 Å². The van der Waals surface area contributed by atoms with E-state index in [1.54, 1.807) is 6.21 Å². The number of nitrogens with two attached hydrogens (primary N) is 1. The molecular weight excluding hydrogens is 290 g/mol. The van der Waals surface area contributed by atoms with Gasteiger partial charge in [0.2, 0.25) is 0 Å². The molecule has 20 heavy (non-hydrogen) atoms. The van der Waals surface area contributed by atoms with Crippen molar-refractivity contribution in [1.82, 2.24) is 0 Å². The van der Waals surface area contributed by atoms with Crippen molar-refractivity contribution in [3.8, 4) is 0 Å². The predicted molar refractivity (Wildman–Crippen MR) is 90.6 cm³/mol. The lowest BCUT2D eigenvalue weighted by molar-refractivity contribution is 1.25. The second-order valence-corrected chi connectivity index (χ2v) is 4.86. The van der Waals surface area contributed by atoms with Crippen LogP contribution in [0.25, 0.3) is 0 Å². The number of halogens is 1. The minimum atomic E-state index is 0. The summed E-state index contributed by atoms with van der Waals surface area (Å²) in [7, 11) is 0. The molecule has 2 aromatic rings. The molecule has 0 saturated carbocycles. The van der Waals surface area contributed by atoms with Gasteiger partial charge in [0.1, 0.15) is 0 Å². The maximum absolute atomic E-state index is 5.78. The number of amidine groups is 1. The highest BCUT2D eigenvalue weighted by molar-refractivity contribution is 8.13. The summed E-state index contributed by atoms with van der Waals surface area (Å²) in [5, 5.41) is 8.40. The summed E-state index contributed by atoms with van der Waals surface area (Å²) in [5.41, 5.74) is 8.01. The summed E-state index contributed by atoms with van der Waals surface area (Å²) in [5.74, 6) is 0.803. The van der Waals surface area contributed by atoms with E-state index in [0.717, 1.165) is 11.3 Å². The fraction of sp³-hybridized carbons (Fsp3) is 0.0667. The number of nitrogens with zero attached hydrogens (tertiary/aromatic N) is 2. The quantitative estimate of drug-likeness (QED) is 0.532. The first-order valence-electron chi connectivity index (χ1n) is 5.93. The molecular formula is C15H16ClN3S. The van der Waals surface area contributed by atoms with Crippen molar-refractivity contribution in [2.24, 2.45) is 15.9 Å². The molecule has 0 radical (unpaired) electrons. The average molecular weight is 306 g/mol. The highest BCUT2D eigenvalue weighted by Gasteiger charge is 1.95. The normalized spacial score (nSPS) is 11.3. The van der Waals surface area contributed by atoms with Crippen LogP contribution in [0.1, 0.15) is 11.1 Å². The van der Waals surface area contributed by atoms with Gasteiger partial charge in [-0.1, -0.05) is 72.4 Å². The van der Waals surface area contributed by atoms with Gasteiger partial charge in [0, 0.05) is 5.75 Å². The summed E-state index contributed by atoms with van der Waals surface area (Å²) < 4.78 is 0. The van der Waals surface area contributed by atoms with E-state index in [4.69, 9.17) is 5.73 Å². The Bertz CT molecular complexity index is 556. The maximum atomic E-state index is 5.78. The summed E-state index contributed by atoms with van der Waals surface area (Å²) in [4.78, 5) is 0. The molecule has 0 aliphatic heterocycles. The van der Waals surface area contributed by atoms with Gasteiger partial charge in [0.25, 0.3) is 0 Å². The van der Waals surface area contributed by atoms with Crippen LogP contribution in [0.3, 0.4) is 0 Å². The molecule has 0 spiro atoms. The van der Waals surface area contributed by atoms with Gasteiger partial charge < -0.3 is 5.73 Å². The van der Waals surface area contributed by atoms with Crippen LogP contribution in [0.2, 0.25) is 0 Å². The minimum absolute atomic E-state index is 0. The van der Waals surface area contributed by atoms with Gasteiger partial charge in [-0.2, -0.15) is 5.10 Å². The maximum Gasteiger partial charge on any atom is 0.180 e. The third-order valence-electron chi connectivity index (χ3n) is 2.39. The Balaban J connectivity index is 0.00000200. The molecule has 2 aromatic carbocycles. The third kappa shape index (κ3) is 5.91. The van der Waals surface area contributed by atoms with Gasteiger partial charge in [-0.3, -0.25) is 0 Å². The first kappa shape index (κ1) is 16.3. The molecule has 0 saturated heterocycles. The van der Waals surface area contributed by atoms with Gasteiger partial charge in [0.05, 0.1) is 6.21 Å². The molecule has 0 aromatic heterocycles. The molecule has 0 amide bonds. The smallest absolute Gasteiger partial charge is 0.180 e. The average Bonchev–Trinajstić information content (AvgIpc) is 2.47. The van der Waals surface area contributed by atoms with Crippen LogP contribution in [0.4, 0.5) is 0 Å². The summed E-state index contributed by atoms with van der Waals surface area (Å²) >= 11 is 1.48. The molecule has 0 aliphatic rings. The second kappa shape index (κ2) is 9.18. The van der Waals surface area contributed by atoms with Crippen LogP contribution >= 0.6 is 24.2 Å². The Morgan fingerprint density at radius 3 is 2.25 bits per heavy atom. The first-order chi connectivity index (χ1) is 9.34. The van der Waals surface area contributed by atoms with E-state index in [2.05, 4.69) is 22.3 Å². The lowest BCUT2D eigenvalue weighted by atomic mass is 10.2. The van der Waals surface area contributed by atoms with Crippen molar-refractivity contribution in [2.45, 2.75) is 5.75 Å². The second-order valence-electron chi connectivity index (χ2n) is 3.87. The Kier molecular flexibility index (Phi) is 7.47. The van der Waals surface area contributed by atoms with Crippen molar-refractivity contribution in [3.05, 3.63) is 71.8 Å². The zero-order valence-electron chi connectivity index (χ0n) is 10.8. The third-order valence-corrected chi connectivity index (χ3v) is 3.25. The van der Waals surface area contributed by atoms with Crippen molar-refractivity contribution in [3.63, 3.8) is 0 Å². The SMILES string of the molecule is Cl.NC(=NN=Cc1ccccc1)SCc1ccccc1. The molecule has 0 bridgehead atoms. The topological polar surface area (TPSA) is 50.7 Å². The highest BCUT2D eigenvalue weighted by atomic mass is 35.5. The molecule has 3 nitrogen and oxygen atoms in total. The number of rotatable bonds is 4. The zero-order valence-corrected chi connectivity index (χ0v) is 12.5. The van der Waals surface area contributed by atoms with Gasteiger partial charge in [-0.15, -0.1) is 17.5 Å². The van der Waals surface area contributed by atoms with Crippen molar-refractivity contribution < 1.29 is 0 Å². The van der Waals surface area contributed by atoms with Crippen molar-refractivity contribution in [2.75, 3.05) is 0 Å². The number of hydrogen-bond donors (Lipinski definition) is 1. The molecule has 0 fully saturated rings. The molecule has 0 heterocycles. The van der Waals surface area contributed by atoms with Crippen LogP contribution < -0.4 is 5.73 Å². The Morgan fingerprint density at radius 1 is 1.00 bits per heavy atom. The van der Waals surface area contributed by atoms with E-state index in [0.29, 0.717) is 5.17 Å². The summed E-state index contributed by atoms with van der Waals surface area (Å²) in [6.45, 7) is 0. The summed E-state index contributed by atoms with van der Waals surface area (Å²) in [6, 6.07) is 19.9. The van der Waals surface area contributed by atoms with E-state index in [9.17, 15) is 0 Å². The van der Waals surface area contributed by atoms with E-state index >= 15 is 0 Å². The summed E-state index contributed by atoms with van der Waals surface area (Å²) in [6.07, 6.45) is 1.69. The molecule has 0 atom stereocenters. The lowest BCUT2D eigenvalue weighted by Gasteiger charge is -1.99. The molecule has 2 rings (SSSR count). The first-order valence-corrected chi connectivity index (χ1v) is 6.91.